The molecule has 5 heteroatoms. The summed E-state index contributed by atoms with van der Waals surface area (Å²) in [5, 5.41) is 4.43. The van der Waals surface area contributed by atoms with Crippen molar-refractivity contribution in [3.8, 4) is 0 Å². The van der Waals surface area contributed by atoms with Gasteiger partial charge in [-0.1, -0.05) is 11.8 Å². The Labute approximate surface area is 96.1 Å². The van der Waals surface area contributed by atoms with Crippen LogP contribution in [-0.4, -0.2) is 73.6 Å². The van der Waals surface area contributed by atoms with Crippen LogP contribution < -0.4 is 5.32 Å². The average molecular weight is 228 g/mol. The quantitative estimate of drug-likeness (QED) is 0.732. The fourth-order valence-electron chi connectivity index (χ4n) is 1.82. The molecule has 2 heterocycles. The highest BCUT2D eigenvalue weighted by molar-refractivity contribution is 8.13. The Morgan fingerprint density at radius 3 is 2.80 bits per heavy atom. The summed E-state index contributed by atoms with van der Waals surface area (Å²) in [7, 11) is 2.20. The minimum atomic E-state index is 0.955. The van der Waals surface area contributed by atoms with Crippen LogP contribution in [0.15, 0.2) is 4.99 Å². The molecule has 1 fully saturated rings. The molecule has 0 aromatic carbocycles. The molecule has 0 unspecified atom stereocenters. The third-order valence-corrected chi connectivity index (χ3v) is 3.82. The van der Waals surface area contributed by atoms with E-state index in [1.54, 1.807) is 0 Å². The van der Waals surface area contributed by atoms with Crippen molar-refractivity contribution in [2.24, 2.45) is 4.99 Å². The fraction of sp³-hybridized carbons (Fsp3) is 0.900. The van der Waals surface area contributed by atoms with Gasteiger partial charge in [-0.2, -0.15) is 0 Å². The van der Waals surface area contributed by atoms with E-state index in [1.807, 2.05) is 11.8 Å². The molecule has 4 nitrogen and oxygen atoms in total. The molecular weight excluding hydrogens is 208 g/mol. The zero-order valence-corrected chi connectivity index (χ0v) is 10.2. The standard InChI is InChI=1S/C10H20N4S/c1-13-4-6-14(7-5-13)8-9-15-10-11-2-3-12-10/h2-9H2,1H3,(H,11,12). The van der Waals surface area contributed by atoms with Crippen LogP contribution in [0.2, 0.25) is 0 Å². The topological polar surface area (TPSA) is 30.9 Å². The Hall–Kier alpha value is -0.260. The zero-order chi connectivity index (χ0) is 10.5. The number of rotatable bonds is 3. The molecule has 1 N–H and O–H groups in total. The van der Waals surface area contributed by atoms with Crippen LogP contribution in [0.1, 0.15) is 0 Å². The van der Waals surface area contributed by atoms with Crippen LogP contribution in [-0.2, 0) is 0 Å². The molecule has 0 aromatic rings. The molecule has 2 aliphatic heterocycles. The first-order valence-corrected chi connectivity index (χ1v) is 6.65. The maximum Gasteiger partial charge on any atom is 0.156 e. The van der Waals surface area contributed by atoms with Crippen LogP contribution in [0.25, 0.3) is 0 Å². The Balaban J connectivity index is 1.57. The lowest BCUT2D eigenvalue weighted by atomic mass is 10.3. The van der Waals surface area contributed by atoms with Gasteiger partial charge in [-0.25, -0.2) is 0 Å². The summed E-state index contributed by atoms with van der Waals surface area (Å²) < 4.78 is 0. The van der Waals surface area contributed by atoms with Crippen molar-refractivity contribution in [1.82, 2.24) is 15.1 Å². The van der Waals surface area contributed by atoms with E-state index in [2.05, 4.69) is 27.2 Å². The first-order chi connectivity index (χ1) is 7.34. The Morgan fingerprint density at radius 1 is 1.33 bits per heavy atom. The second kappa shape index (κ2) is 5.72. The van der Waals surface area contributed by atoms with Gasteiger partial charge in [-0.05, 0) is 7.05 Å². The highest BCUT2D eigenvalue weighted by Crippen LogP contribution is 2.07. The van der Waals surface area contributed by atoms with E-state index in [4.69, 9.17) is 0 Å². The molecule has 1 saturated heterocycles. The third-order valence-electron chi connectivity index (χ3n) is 2.89. The monoisotopic (exact) mass is 228 g/mol. The summed E-state index contributed by atoms with van der Waals surface area (Å²) in [4.78, 5) is 9.31. The molecular formula is C10H20N4S. The lowest BCUT2D eigenvalue weighted by Crippen LogP contribution is -2.45. The maximum atomic E-state index is 4.37. The van der Waals surface area contributed by atoms with E-state index in [0.717, 1.165) is 24.0 Å². The van der Waals surface area contributed by atoms with Gasteiger partial charge in [-0.15, -0.1) is 0 Å². The van der Waals surface area contributed by atoms with Gasteiger partial charge in [0, 0.05) is 45.0 Å². The van der Waals surface area contributed by atoms with Crippen LogP contribution in [0, 0.1) is 0 Å². The van der Waals surface area contributed by atoms with Gasteiger partial charge in [0.15, 0.2) is 5.17 Å². The first kappa shape index (κ1) is 11.2. The van der Waals surface area contributed by atoms with Crippen molar-refractivity contribution >= 4 is 16.9 Å². The minimum absolute atomic E-state index is 0.955. The molecule has 15 heavy (non-hydrogen) atoms. The molecule has 0 amide bonds. The smallest absolute Gasteiger partial charge is 0.156 e. The van der Waals surface area contributed by atoms with Gasteiger partial charge in [0.2, 0.25) is 0 Å². The Morgan fingerprint density at radius 2 is 2.13 bits per heavy atom. The molecule has 0 atom stereocenters. The van der Waals surface area contributed by atoms with Crippen molar-refractivity contribution in [2.75, 3.05) is 58.6 Å². The highest BCUT2D eigenvalue weighted by atomic mass is 32.2. The summed E-state index contributed by atoms with van der Waals surface area (Å²) in [5.74, 6) is 1.16. The number of thioether (sulfide) groups is 1. The maximum absolute atomic E-state index is 4.37. The van der Waals surface area contributed by atoms with E-state index in [9.17, 15) is 0 Å². The lowest BCUT2D eigenvalue weighted by molar-refractivity contribution is 0.161. The van der Waals surface area contributed by atoms with Gasteiger partial charge >= 0.3 is 0 Å². The van der Waals surface area contributed by atoms with Crippen molar-refractivity contribution < 1.29 is 0 Å². The molecule has 0 spiro atoms. The zero-order valence-electron chi connectivity index (χ0n) is 9.41. The van der Waals surface area contributed by atoms with E-state index >= 15 is 0 Å². The van der Waals surface area contributed by atoms with Crippen molar-refractivity contribution in [3.05, 3.63) is 0 Å². The molecule has 86 valence electrons. The second-order valence-corrected chi connectivity index (χ2v) is 5.19. The van der Waals surface area contributed by atoms with E-state index < -0.39 is 0 Å². The average Bonchev–Trinajstić information content (AvgIpc) is 2.74. The van der Waals surface area contributed by atoms with Gasteiger partial charge < -0.3 is 10.2 Å². The summed E-state index contributed by atoms with van der Waals surface area (Å²) in [5.41, 5.74) is 0. The summed E-state index contributed by atoms with van der Waals surface area (Å²) in [6, 6.07) is 0. The van der Waals surface area contributed by atoms with Crippen LogP contribution >= 0.6 is 11.8 Å². The largest absolute Gasteiger partial charge is 0.363 e. The molecule has 2 aliphatic rings. The van der Waals surface area contributed by atoms with E-state index in [-0.39, 0.29) is 0 Å². The van der Waals surface area contributed by atoms with Gasteiger partial charge in [-0.3, -0.25) is 9.89 Å². The number of hydrogen-bond donors (Lipinski definition) is 1. The predicted octanol–water partition coefficient (Wildman–Crippen LogP) is -0.0738. The number of nitrogens with one attached hydrogen (secondary N) is 1. The van der Waals surface area contributed by atoms with Gasteiger partial charge in [0.25, 0.3) is 0 Å². The van der Waals surface area contributed by atoms with Gasteiger partial charge in [0.05, 0.1) is 6.54 Å². The number of amidine groups is 1. The van der Waals surface area contributed by atoms with Crippen molar-refractivity contribution in [2.45, 2.75) is 0 Å². The minimum Gasteiger partial charge on any atom is -0.363 e. The first-order valence-electron chi connectivity index (χ1n) is 5.66. The highest BCUT2D eigenvalue weighted by Gasteiger charge is 2.13. The molecule has 2 rings (SSSR count). The molecule has 0 bridgehead atoms. The Bertz CT molecular complexity index is 223. The number of hydrogen-bond acceptors (Lipinski definition) is 5. The van der Waals surface area contributed by atoms with E-state index in [1.165, 1.54) is 32.7 Å². The van der Waals surface area contributed by atoms with Crippen LogP contribution in [0.4, 0.5) is 0 Å². The second-order valence-electron chi connectivity index (χ2n) is 4.11. The normalized spacial score (nSPS) is 23.9. The number of aliphatic imine (C=N–C) groups is 1. The fourth-order valence-corrected chi connectivity index (χ4v) is 2.75. The van der Waals surface area contributed by atoms with E-state index in [0.29, 0.717) is 0 Å². The molecule has 0 aliphatic carbocycles. The van der Waals surface area contributed by atoms with Crippen molar-refractivity contribution in [3.63, 3.8) is 0 Å². The predicted molar refractivity (Wildman–Crippen MR) is 66.7 cm³/mol. The summed E-state index contributed by atoms with van der Waals surface area (Å²) >= 11 is 1.86. The number of nitrogens with zero attached hydrogens (tertiary/aromatic N) is 3. The van der Waals surface area contributed by atoms with Crippen LogP contribution in [0.5, 0.6) is 0 Å². The third kappa shape index (κ3) is 3.66. The summed E-state index contributed by atoms with van der Waals surface area (Å²) in [6.07, 6.45) is 0. The summed E-state index contributed by atoms with van der Waals surface area (Å²) in [6.45, 7) is 8.04. The van der Waals surface area contributed by atoms with Crippen LogP contribution in [0.3, 0.4) is 0 Å². The SMILES string of the molecule is CN1CCN(CCSC2=NCCN2)CC1. The van der Waals surface area contributed by atoms with Gasteiger partial charge in [0.1, 0.15) is 0 Å². The number of likely N-dealkylation sites (N-methyl/N-ethyl adjacent to an activating group) is 1. The molecule has 0 radical (unpaired) electrons. The Kier molecular flexibility index (Phi) is 4.29. The lowest BCUT2D eigenvalue weighted by Gasteiger charge is -2.32. The van der Waals surface area contributed by atoms with Crippen molar-refractivity contribution in [1.29, 1.82) is 0 Å². The molecule has 0 saturated carbocycles. The molecule has 0 aromatic heterocycles. The number of piperazine rings is 1.